The van der Waals surface area contributed by atoms with Gasteiger partial charge < -0.3 is 15.4 Å². The van der Waals surface area contributed by atoms with E-state index in [2.05, 4.69) is 10.6 Å². The molecule has 1 aromatic carbocycles. The van der Waals surface area contributed by atoms with Gasteiger partial charge in [-0.3, -0.25) is 0 Å². The number of hydrogen-bond acceptors (Lipinski definition) is 3. The van der Waals surface area contributed by atoms with Crippen LogP contribution in [0.2, 0.25) is 0 Å². The molecule has 0 spiro atoms. The zero-order valence-corrected chi connectivity index (χ0v) is 11.4. The molecule has 0 saturated heterocycles. The Bertz CT molecular complexity index is 466. The van der Waals surface area contributed by atoms with Crippen molar-refractivity contribution >= 4 is 11.7 Å². The van der Waals surface area contributed by atoms with Crippen LogP contribution in [0.5, 0.6) is 5.75 Å². The first-order valence-corrected chi connectivity index (χ1v) is 6.20. The summed E-state index contributed by atoms with van der Waals surface area (Å²) in [6.07, 6.45) is 0. The fourth-order valence-electron chi connectivity index (χ4n) is 1.32. The van der Waals surface area contributed by atoms with Crippen LogP contribution in [0.15, 0.2) is 24.3 Å². The Labute approximate surface area is 113 Å². The molecule has 2 amide bonds. The third-order valence-electron chi connectivity index (χ3n) is 2.75. The summed E-state index contributed by atoms with van der Waals surface area (Å²) in [5, 5.41) is 14.0. The van der Waals surface area contributed by atoms with Crippen LogP contribution in [0.3, 0.4) is 0 Å². The molecule has 0 radical (unpaired) electrons. The van der Waals surface area contributed by atoms with Gasteiger partial charge in [-0.2, -0.15) is 5.26 Å². The van der Waals surface area contributed by atoms with Crippen molar-refractivity contribution in [2.75, 3.05) is 11.9 Å². The van der Waals surface area contributed by atoms with Crippen LogP contribution in [0.25, 0.3) is 0 Å². The summed E-state index contributed by atoms with van der Waals surface area (Å²) in [5.41, 5.74) is 0.629. The number of carbonyl (C=O) groups is 1. The van der Waals surface area contributed by atoms with E-state index in [1.807, 2.05) is 26.8 Å². The Kier molecular flexibility index (Phi) is 5.68. The first-order valence-electron chi connectivity index (χ1n) is 6.20. The Hall–Kier alpha value is -2.22. The lowest BCUT2D eigenvalue weighted by molar-refractivity contribution is 0.246. The number of anilines is 1. The standard InChI is InChI=1S/C14H19N3O2/c1-10(2)11(3)16-14(18)17-12-5-4-6-13(9-12)19-8-7-15/h4-6,9-11H,8H2,1-3H3,(H2,16,17,18). The van der Waals surface area contributed by atoms with Crippen LogP contribution >= 0.6 is 0 Å². The first-order chi connectivity index (χ1) is 9.02. The van der Waals surface area contributed by atoms with Gasteiger partial charge in [0.1, 0.15) is 11.8 Å². The molecule has 0 aliphatic heterocycles. The number of nitrogens with zero attached hydrogens (tertiary/aromatic N) is 1. The van der Waals surface area contributed by atoms with Crippen molar-refractivity contribution in [1.82, 2.24) is 5.32 Å². The van der Waals surface area contributed by atoms with Crippen LogP contribution in [0, 0.1) is 17.2 Å². The lowest BCUT2D eigenvalue weighted by Crippen LogP contribution is -2.38. The second kappa shape index (κ2) is 7.27. The number of nitriles is 1. The van der Waals surface area contributed by atoms with E-state index < -0.39 is 0 Å². The number of carbonyl (C=O) groups excluding carboxylic acids is 1. The maximum absolute atomic E-state index is 11.7. The summed E-state index contributed by atoms with van der Waals surface area (Å²) in [4.78, 5) is 11.7. The van der Waals surface area contributed by atoms with Crippen molar-refractivity contribution in [1.29, 1.82) is 5.26 Å². The van der Waals surface area contributed by atoms with Crippen molar-refractivity contribution < 1.29 is 9.53 Å². The molecular formula is C14H19N3O2. The second-order valence-electron chi connectivity index (χ2n) is 4.61. The van der Waals surface area contributed by atoms with Gasteiger partial charge in [-0.15, -0.1) is 0 Å². The molecule has 0 fully saturated rings. The molecule has 1 atom stereocenters. The van der Waals surface area contributed by atoms with Gasteiger partial charge in [-0.1, -0.05) is 19.9 Å². The molecule has 5 heteroatoms. The minimum absolute atomic E-state index is 0.0139. The lowest BCUT2D eigenvalue weighted by atomic mass is 10.1. The van der Waals surface area contributed by atoms with Crippen molar-refractivity contribution in [3.63, 3.8) is 0 Å². The van der Waals surface area contributed by atoms with Gasteiger partial charge in [-0.05, 0) is 25.0 Å². The number of ether oxygens (including phenoxy) is 1. The predicted molar refractivity (Wildman–Crippen MR) is 74.0 cm³/mol. The van der Waals surface area contributed by atoms with Crippen molar-refractivity contribution in [3.8, 4) is 11.8 Å². The zero-order chi connectivity index (χ0) is 14.3. The van der Waals surface area contributed by atoms with Crippen LogP contribution in [-0.4, -0.2) is 18.7 Å². The Morgan fingerprint density at radius 1 is 1.42 bits per heavy atom. The van der Waals surface area contributed by atoms with Crippen LogP contribution < -0.4 is 15.4 Å². The topological polar surface area (TPSA) is 74.2 Å². The van der Waals surface area contributed by atoms with Crippen LogP contribution in [0.4, 0.5) is 10.5 Å². The van der Waals surface area contributed by atoms with Gasteiger partial charge in [0, 0.05) is 17.8 Å². The van der Waals surface area contributed by atoms with Crippen molar-refractivity contribution in [2.24, 2.45) is 5.92 Å². The SMILES string of the molecule is CC(C)C(C)NC(=O)Nc1cccc(OCC#N)c1. The average Bonchev–Trinajstić information content (AvgIpc) is 2.36. The number of amides is 2. The first kappa shape index (κ1) is 14.8. The molecule has 5 nitrogen and oxygen atoms in total. The highest BCUT2D eigenvalue weighted by Crippen LogP contribution is 2.17. The van der Waals surface area contributed by atoms with E-state index in [0.29, 0.717) is 17.4 Å². The lowest BCUT2D eigenvalue weighted by Gasteiger charge is -2.18. The molecule has 1 unspecified atom stereocenters. The predicted octanol–water partition coefficient (Wildman–Crippen LogP) is 2.75. The third kappa shape index (κ3) is 5.30. The van der Waals surface area contributed by atoms with E-state index in [0.717, 1.165) is 0 Å². The molecule has 1 rings (SSSR count). The molecule has 0 saturated carbocycles. The minimum Gasteiger partial charge on any atom is -0.479 e. The van der Waals surface area contributed by atoms with E-state index in [1.165, 1.54) is 0 Å². The zero-order valence-electron chi connectivity index (χ0n) is 11.4. The Morgan fingerprint density at radius 2 is 2.16 bits per heavy atom. The summed E-state index contributed by atoms with van der Waals surface area (Å²) in [6, 6.07) is 8.67. The van der Waals surface area contributed by atoms with E-state index in [9.17, 15) is 4.79 Å². The highest BCUT2D eigenvalue weighted by atomic mass is 16.5. The Balaban J connectivity index is 2.57. The normalized spacial score (nSPS) is 11.5. The van der Waals surface area contributed by atoms with Crippen molar-refractivity contribution in [2.45, 2.75) is 26.8 Å². The fraction of sp³-hybridized carbons (Fsp3) is 0.429. The largest absolute Gasteiger partial charge is 0.479 e. The van der Waals surface area contributed by atoms with E-state index in [1.54, 1.807) is 24.3 Å². The Morgan fingerprint density at radius 3 is 2.79 bits per heavy atom. The molecule has 0 aliphatic rings. The maximum Gasteiger partial charge on any atom is 0.319 e. The average molecular weight is 261 g/mol. The highest BCUT2D eigenvalue weighted by Gasteiger charge is 2.10. The maximum atomic E-state index is 11.7. The van der Waals surface area contributed by atoms with Crippen LogP contribution in [-0.2, 0) is 0 Å². The van der Waals surface area contributed by atoms with Gasteiger partial charge in [0.25, 0.3) is 0 Å². The quantitative estimate of drug-likeness (QED) is 0.855. The molecule has 0 aromatic heterocycles. The third-order valence-corrected chi connectivity index (χ3v) is 2.75. The number of rotatable bonds is 5. The number of urea groups is 1. The van der Waals surface area contributed by atoms with E-state index in [4.69, 9.17) is 10.00 Å². The molecule has 0 aliphatic carbocycles. The minimum atomic E-state index is -0.251. The molecule has 0 bridgehead atoms. The summed E-state index contributed by atoms with van der Waals surface area (Å²) >= 11 is 0. The van der Waals surface area contributed by atoms with Gasteiger partial charge in [0.05, 0.1) is 0 Å². The molecule has 1 aromatic rings. The summed E-state index contributed by atoms with van der Waals surface area (Å²) < 4.78 is 5.16. The van der Waals surface area contributed by atoms with Gasteiger partial charge >= 0.3 is 6.03 Å². The van der Waals surface area contributed by atoms with Crippen molar-refractivity contribution in [3.05, 3.63) is 24.3 Å². The monoisotopic (exact) mass is 261 g/mol. The molecule has 19 heavy (non-hydrogen) atoms. The van der Waals surface area contributed by atoms with Gasteiger partial charge in [0.2, 0.25) is 0 Å². The number of hydrogen-bond donors (Lipinski definition) is 2. The molecule has 2 N–H and O–H groups in total. The van der Waals surface area contributed by atoms with Gasteiger partial charge in [-0.25, -0.2) is 4.79 Å². The summed E-state index contributed by atoms with van der Waals surface area (Å²) in [6.45, 7) is 6.03. The van der Waals surface area contributed by atoms with E-state index in [-0.39, 0.29) is 18.7 Å². The van der Waals surface area contributed by atoms with E-state index >= 15 is 0 Å². The smallest absolute Gasteiger partial charge is 0.319 e. The van der Waals surface area contributed by atoms with Crippen LogP contribution in [0.1, 0.15) is 20.8 Å². The van der Waals surface area contributed by atoms with Gasteiger partial charge in [0.15, 0.2) is 6.61 Å². The number of nitrogens with one attached hydrogen (secondary N) is 2. The molecule has 0 heterocycles. The number of benzene rings is 1. The highest BCUT2D eigenvalue weighted by molar-refractivity contribution is 5.89. The molecular weight excluding hydrogens is 242 g/mol. The summed E-state index contributed by atoms with van der Waals surface area (Å²) in [7, 11) is 0. The molecule has 102 valence electrons. The fourth-order valence-corrected chi connectivity index (χ4v) is 1.32. The second-order valence-corrected chi connectivity index (χ2v) is 4.61. The summed E-state index contributed by atoms with van der Waals surface area (Å²) in [5.74, 6) is 0.923.